The maximum Gasteiger partial charge on any atom is 0.260 e. The minimum Gasteiger partial charge on any atom is -0.493 e. The van der Waals surface area contributed by atoms with Gasteiger partial charge in [-0.15, -0.1) is 0 Å². The fourth-order valence-electron chi connectivity index (χ4n) is 2.47. The van der Waals surface area contributed by atoms with Crippen LogP contribution >= 0.6 is 0 Å². The van der Waals surface area contributed by atoms with Crippen LogP contribution in [0.1, 0.15) is 16.7 Å². The summed E-state index contributed by atoms with van der Waals surface area (Å²) >= 11 is 0. The highest BCUT2D eigenvalue weighted by molar-refractivity contribution is 5.95. The van der Waals surface area contributed by atoms with Gasteiger partial charge in [0.2, 0.25) is 5.91 Å². The molecule has 0 unspecified atom stereocenters. The number of amides is 2. The van der Waals surface area contributed by atoms with E-state index in [0.29, 0.717) is 17.1 Å². The number of hydrogen-bond donors (Lipinski definition) is 1. The summed E-state index contributed by atoms with van der Waals surface area (Å²) in [6.07, 6.45) is 0. The number of benzene rings is 2. The second kappa shape index (κ2) is 9.42. The Morgan fingerprint density at radius 2 is 1.89 bits per heavy atom. The van der Waals surface area contributed by atoms with Crippen LogP contribution in [0.3, 0.4) is 0 Å². The van der Waals surface area contributed by atoms with Gasteiger partial charge in [-0.3, -0.25) is 9.59 Å². The average molecular weight is 381 g/mol. The van der Waals surface area contributed by atoms with Crippen molar-refractivity contribution in [2.75, 3.05) is 32.6 Å². The Hall–Kier alpha value is -3.53. The molecule has 0 aromatic heterocycles. The number of anilines is 1. The van der Waals surface area contributed by atoms with Gasteiger partial charge >= 0.3 is 0 Å². The molecule has 0 heterocycles. The Morgan fingerprint density at radius 1 is 1.14 bits per heavy atom. The Morgan fingerprint density at radius 3 is 2.57 bits per heavy atom. The number of aryl methyl sites for hydroxylation is 2. The summed E-state index contributed by atoms with van der Waals surface area (Å²) in [6, 6.07) is 12.5. The van der Waals surface area contributed by atoms with E-state index in [1.165, 1.54) is 25.1 Å². The minimum absolute atomic E-state index is 0.0971. The third-order valence-corrected chi connectivity index (χ3v) is 4.12. The quantitative estimate of drug-likeness (QED) is 0.796. The molecule has 28 heavy (non-hydrogen) atoms. The van der Waals surface area contributed by atoms with E-state index in [4.69, 9.17) is 14.7 Å². The normalized spacial score (nSPS) is 9.96. The van der Waals surface area contributed by atoms with Gasteiger partial charge in [-0.05, 0) is 43.2 Å². The van der Waals surface area contributed by atoms with E-state index in [1.807, 2.05) is 38.1 Å². The standard InChI is InChI=1S/C21H23N3O4/c1-14-5-6-15(2)17(9-14)23-20(25)12-24(3)21(26)13-28-18-8-7-16(11-22)10-19(18)27-4/h5-10H,12-13H2,1-4H3,(H,23,25). The number of carbonyl (C=O) groups is 2. The molecule has 146 valence electrons. The predicted octanol–water partition coefficient (Wildman–Crippen LogP) is 2.66. The highest BCUT2D eigenvalue weighted by atomic mass is 16.5. The number of ether oxygens (including phenoxy) is 2. The fraction of sp³-hybridized carbons (Fsp3) is 0.286. The molecule has 7 heteroatoms. The lowest BCUT2D eigenvalue weighted by molar-refractivity contribution is -0.135. The van der Waals surface area contributed by atoms with Gasteiger partial charge in [0.1, 0.15) is 0 Å². The van der Waals surface area contributed by atoms with Crippen molar-refractivity contribution in [3.63, 3.8) is 0 Å². The zero-order valence-corrected chi connectivity index (χ0v) is 16.4. The molecule has 0 bridgehead atoms. The molecule has 2 aromatic carbocycles. The van der Waals surface area contributed by atoms with Crippen LogP contribution in [0.2, 0.25) is 0 Å². The third-order valence-electron chi connectivity index (χ3n) is 4.12. The SMILES string of the molecule is COc1cc(C#N)ccc1OCC(=O)N(C)CC(=O)Nc1cc(C)ccc1C. The highest BCUT2D eigenvalue weighted by Gasteiger charge is 2.16. The van der Waals surface area contributed by atoms with Crippen molar-refractivity contribution in [2.45, 2.75) is 13.8 Å². The first-order valence-electron chi connectivity index (χ1n) is 8.66. The van der Waals surface area contributed by atoms with E-state index >= 15 is 0 Å². The van der Waals surface area contributed by atoms with Crippen LogP contribution in [0.25, 0.3) is 0 Å². The van der Waals surface area contributed by atoms with Crippen LogP contribution in [0.5, 0.6) is 11.5 Å². The molecular weight excluding hydrogens is 358 g/mol. The van der Waals surface area contributed by atoms with Crippen LogP contribution < -0.4 is 14.8 Å². The molecule has 2 amide bonds. The van der Waals surface area contributed by atoms with Crippen LogP contribution in [-0.4, -0.2) is 44.0 Å². The first-order chi connectivity index (χ1) is 13.3. The van der Waals surface area contributed by atoms with Gasteiger partial charge in [0, 0.05) is 18.8 Å². The summed E-state index contributed by atoms with van der Waals surface area (Å²) in [5.74, 6) is 0.0632. The molecule has 2 aromatic rings. The molecule has 0 aliphatic heterocycles. The monoisotopic (exact) mass is 381 g/mol. The van der Waals surface area contributed by atoms with Gasteiger partial charge < -0.3 is 19.7 Å². The molecule has 0 atom stereocenters. The van der Waals surface area contributed by atoms with Crippen molar-refractivity contribution in [3.05, 3.63) is 53.1 Å². The molecular formula is C21H23N3O4. The Kier molecular flexibility index (Phi) is 6.99. The van der Waals surface area contributed by atoms with Crippen molar-refractivity contribution in [1.82, 2.24) is 4.90 Å². The number of carbonyl (C=O) groups excluding carboxylic acids is 2. The van der Waals surface area contributed by atoms with Gasteiger partial charge in [-0.2, -0.15) is 5.26 Å². The molecule has 2 rings (SSSR count). The molecule has 0 saturated heterocycles. The van der Waals surface area contributed by atoms with Crippen LogP contribution in [0.4, 0.5) is 5.69 Å². The number of nitrogens with one attached hydrogen (secondary N) is 1. The Balaban J connectivity index is 1.91. The number of methoxy groups -OCH3 is 1. The lowest BCUT2D eigenvalue weighted by Crippen LogP contribution is -2.37. The zero-order chi connectivity index (χ0) is 20.7. The molecule has 0 fully saturated rings. The first kappa shape index (κ1) is 20.8. The van der Waals surface area contributed by atoms with Gasteiger partial charge in [0.25, 0.3) is 5.91 Å². The summed E-state index contributed by atoms with van der Waals surface area (Å²) in [6.45, 7) is 3.50. The summed E-state index contributed by atoms with van der Waals surface area (Å²) in [5.41, 5.74) is 3.14. The third kappa shape index (κ3) is 5.48. The van der Waals surface area contributed by atoms with Crippen molar-refractivity contribution in [3.8, 4) is 17.6 Å². The van der Waals surface area contributed by atoms with Gasteiger partial charge in [0.05, 0.1) is 25.3 Å². The van der Waals surface area contributed by atoms with E-state index in [-0.39, 0.29) is 25.0 Å². The first-order valence-corrected chi connectivity index (χ1v) is 8.66. The van der Waals surface area contributed by atoms with E-state index < -0.39 is 0 Å². The topological polar surface area (TPSA) is 91.7 Å². The summed E-state index contributed by atoms with van der Waals surface area (Å²) in [7, 11) is 2.99. The zero-order valence-electron chi connectivity index (χ0n) is 16.4. The van der Waals surface area contributed by atoms with Crippen LogP contribution in [0.15, 0.2) is 36.4 Å². The average Bonchev–Trinajstić information content (AvgIpc) is 2.68. The van der Waals surface area contributed by atoms with Gasteiger partial charge in [0.15, 0.2) is 18.1 Å². The largest absolute Gasteiger partial charge is 0.493 e. The summed E-state index contributed by atoms with van der Waals surface area (Å²) in [4.78, 5) is 25.8. The van der Waals surface area contributed by atoms with Crippen molar-refractivity contribution >= 4 is 17.5 Å². The van der Waals surface area contributed by atoms with Gasteiger partial charge in [-0.1, -0.05) is 12.1 Å². The van der Waals surface area contributed by atoms with Crippen molar-refractivity contribution < 1.29 is 19.1 Å². The highest BCUT2D eigenvalue weighted by Crippen LogP contribution is 2.27. The number of likely N-dealkylation sites (N-methyl/N-ethyl adjacent to an activating group) is 1. The van der Waals surface area contributed by atoms with Crippen molar-refractivity contribution in [2.24, 2.45) is 0 Å². The summed E-state index contributed by atoms with van der Waals surface area (Å²) < 4.78 is 10.7. The van der Waals surface area contributed by atoms with Crippen molar-refractivity contribution in [1.29, 1.82) is 5.26 Å². The number of nitriles is 1. The molecule has 0 aliphatic rings. The summed E-state index contributed by atoms with van der Waals surface area (Å²) in [5, 5.41) is 11.7. The maximum absolute atomic E-state index is 12.3. The van der Waals surface area contributed by atoms with E-state index in [9.17, 15) is 9.59 Å². The van der Waals surface area contributed by atoms with Gasteiger partial charge in [-0.25, -0.2) is 0 Å². The number of nitrogens with zero attached hydrogens (tertiary/aromatic N) is 2. The lowest BCUT2D eigenvalue weighted by Gasteiger charge is -2.18. The fourth-order valence-corrected chi connectivity index (χ4v) is 2.47. The smallest absolute Gasteiger partial charge is 0.260 e. The van der Waals surface area contributed by atoms with Crippen LogP contribution in [-0.2, 0) is 9.59 Å². The lowest BCUT2D eigenvalue weighted by atomic mass is 10.1. The van der Waals surface area contributed by atoms with Crippen LogP contribution in [0, 0.1) is 25.2 Å². The molecule has 0 radical (unpaired) electrons. The number of rotatable bonds is 7. The second-order valence-corrected chi connectivity index (χ2v) is 6.38. The number of hydrogen-bond acceptors (Lipinski definition) is 5. The molecule has 1 N–H and O–H groups in total. The molecule has 0 spiro atoms. The van der Waals surface area contributed by atoms with E-state index in [2.05, 4.69) is 5.32 Å². The maximum atomic E-state index is 12.3. The van der Waals surface area contributed by atoms with E-state index in [0.717, 1.165) is 16.8 Å². The minimum atomic E-state index is -0.359. The molecule has 0 saturated carbocycles. The predicted molar refractivity (Wildman–Crippen MR) is 105 cm³/mol. The molecule has 0 aliphatic carbocycles. The van der Waals surface area contributed by atoms with E-state index in [1.54, 1.807) is 12.1 Å². The second-order valence-electron chi connectivity index (χ2n) is 6.38. The Bertz CT molecular complexity index is 918. The molecule has 7 nitrogen and oxygen atoms in total. The Labute approximate surface area is 164 Å².